The van der Waals surface area contributed by atoms with E-state index in [1.165, 1.54) is 0 Å². The van der Waals surface area contributed by atoms with Gasteiger partial charge in [0.2, 0.25) is 0 Å². The number of halogens is 1. The van der Waals surface area contributed by atoms with Gasteiger partial charge in [0, 0.05) is 16.6 Å². The Labute approximate surface area is 117 Å². The van der Waals surface area contributed by atoms with Crippen molar-refractivity contribution >= 4 is 21.8 Å². The fourth-order valence-electron chi connectivity index (χ4n) is 1.81. The molecule has 1 aromatic carbocycles. The van der Waals surface area contributed by atoms with E-state index in [2.05, 4.69) is 21.2 Å². The standard InChI is InChI=1S/C14H20BrNO2/c1-9(2)4-13(17)8-16-14(18)11-5-10(3)6-12(15)7-11/h5-7,9,13,17H,4,8H2,1-3H3,(H,16,18). The number of hydrogen-bond acceptors (Lipinski definition) is 2. The second-order valence-electron chi connectivity index (χ2n) is 5.01. The number of aliphatic hydroxyl groups is 1. The molecule has 0 radical (unpaired) electrons. The molecule has 0 spiro atoms. The number of aryl methyl sites for hydroxylation is 1. The number of carbonyl (C=O) groups excluding carboxylic acids is 1. The molecule has 3 nitrogen and oxygen atoms in total. The van der Waals surface area contributed by atoms with E-state index in [4.69, 9.17) is 0 Å². The molecule has 2 N–H and O–H groups in total. The molecule has 1 amide bonds. The summed E-state index contributed by atoms with van der Waals surface area (Å²) in [7, 11) is 0. The third kappa shape index (κ3) is 5.19. The Hall–Kier alpha value is -0.870. The van der Waals surface area contributed by atoms with Crippen LogP contribution < -0.4 is 5.32 Å². The van der Waals surface area contributed by atoms with Crippen molar-refractivity contribution in [2.24, 2.45) is 5.92 Å². The van der Waals surface area contributed by atoms with E-state index in [0.29, 0.717) is 24.4 Å². The number of carbonyl (C=O) groups is 1. The van der Waals surface area contributed by atoms with Crippen LogP contribution in [0, 0.1) is 12.8 Å². The van der Waals surface area contributed by atoms with E-state index >= 15 is 0 Å². The first kappa shape index (κ1) is 15.2. The van der Waals surface area contributed by atoms with Crippen LogP contribution in [0.4, 0.5) is 0 Å². The lowest BCUT2D eigenvalue weighted by atomic mass is 10.1. The van der Waals surface area contributed by atoms with Crippen molar-refractivity contribution in [3.05, 3.63) is 33.8 Å². The summed E-state index contributed by atoms with van der Waals surface area (Å²) in [6.45, 7) is 6.32. The molecule has 0 fully saturated rings. The molecule has 0 aliphatic heterocycles. The highest BCUT2D eigenvalue weighted by Gasteiger charge is 2.11. The average molecular weight is 314 g/mol. The second kappa shape index (κ2) is 6.90. The number of rotatable bonds is 5. The highest BCUT2D eigenvalue weighted by atomic mass is 79.9. The molecular formula is C14H20BrNO2. The predicted molar refractivity (Wildman–Crippen MR) is 76.7 cm³/mol. The van der Waals surface area contributed by atoms with Gasteiger partial charge < -0.3 is 10.4 Å². The summed E-state index contributed by atoms with van der Waals surface area (Å²) in [5, 5.41) is 12.4. The van der Waals surface area contributed by atoms with Crippen molar-refractivity contribution in [2.75, 3.05) is 6.54 Å². The maximum Gasteiger partial charge on any atom is 0.251 e. The summed E-state index contributed by atoms with van der Waals surface area (Å²) >= 11 is 3.36. The molecule has 0 aliphatic carbocycles. The zero-order valence-electron chi connectivity index (χ0n) is 11.0. The molecule has 4 heteroatoms. The van der Waals surface area contributed by atoms with Crippen LogP contribution in [0.1, 0.15) is 36.2 Å². The molecule has 0 heterocycles. The van der Waals surface area contributed by atoms with E-state index in [1.807, 2.05) is 32.9 Å². The summed E-state index contributed by atoms with van der Waals surface area (Å²) in [4.78, 5) is 11.9. The van der Waals surface area contributed by atoms with Crippen LogP contribution in [0.25, 0.3) is 0 Å². The van der Waals surface area contributed by atoms with E-state index < -0.39 is 6.10 Å². The minimum atomic E-state index is -0.484. The molecule has 0 saturated carbocycles. The van der Waals surface area contributed by atoms with Crippen LogP contribution in [0.15, 0.2) is 22.7 Å². The monoisotopic (exact) mass is 313 g/mol. The van der Waals surface area contributed by atoms with Crippen LogP contribution in [-0.4, -0.2) is 23.7 Å². The van der Waals surface area contributed by atoms with Crippen molar-refractivity contribution < 1.29 is 9.90 Å². The number of amides is 1. The van der Waals surface area contributed by atoms with Gasteiger partial charge in [-0.25, -0.2) is 0 Å². The first-order valence-electron chi connectivity index (χ1n) is 6.12. The SMILES string of the molecule is Cc1cc(Br)cc(C(=O)NCC(O)CC(C)C)c1. The first-order chi connectivity index (χ1) is 8.38. The van der Waals surface area contributed by atoms with Crippen molar-refractivity contribution in [3.8, 4) is 0 Å². The van der Waals surface area contributed by atoms with Crippen LogP contribution in [0.2, 0.25) is 0 Å². The lowest BCUT2D eigenvalue weighted by molar-refractivity contribution is 0.0900. The summed E-state index contributed by atoms with van der Waals surface area (Å²) in [5.41, 5.74) is 1.64. The quantitative estimate of drug-likeness (QED) is 0.878. The Balaban J connectivity index is 2.55. The predicted octanol–water partition coefficient (Wildman–Crippen LogP) is 2.89. The molecule has 0 aliphatic rings. The zero-order valence-corrected chi connectivity index (χ0v) is 12.6. The lowest BCUT2D eigenvalue weighted by Crippen LogP contribution is -2.32. The van der Waals surface area contributed by atoms with E-state index in [1.54, 1.807) is 6.07 Å². The molecule has 0 saturated heterocycles. The van der Waals surface area contributed by atoms with Gasteiger partial charge >= 0.3 is 0 Å². The van der Waals surface area contributed by atoms with Crippen LogP contribution >= 0.6 is 15.9 Å². The molecular weight excluding hydrogens is 294 g/mol. The van der Waals surface area contributed by atoms with Crippen molar-refractivity contribution in [1.29, 1.82) is 0 Å². The van der Waals surface area contributed by atoms with Gasteiger partial charge in [-0.2, -0.15) is 0 Å². The summed E-state index contributed by atoms with van der Waals surface area (Å²) < 4.78 is 0.885. The van der Waals surface area contributed by atoms with E-state index in [0.717, 1.165) is 10.0 Å². The van der Waals surface area contributed by atoms with Crippen molar-refractivity contribution in [1.82, 2.24) is 5.32 Å². The zero-order chi connectivity index (χ0) is 13.7. The number of hydrogen-bond donors (Lipinski definition) is 2. The molecule has 1 rings (SSSR count). The van der Waals surface area contributed by atoms with Gasteiger partial charge in [-0.1, -0.05) is 29.8 Å². The van der Waals surface area contributed by atoms with Crippen molar-refractivity contribution in [3.63, 3.8) is 0 Å². The normalized spacial score (nSPS) is 12.6. The Kier molecular flexibility index (Phi) is 5.82. The summed E-state index contributed by atoms with van der Waals surface area (Å²) in [6.07, 6.45) is 0.208. The van der Waals surface area contributed by atoms with Gasteiger partial charge in [0.05, 0.1) is 6.10 Å². The second-order valence-corrected chi connectivity index (χ2v) is 5.93. The Bertz CT molecular complexity index is 398. The first-order valence-corrected chi connectivity index (χ1v) is 6.91. The third-order valence-corrected chi connectivity index (χ3v) is 3.00. The Morgan fingerprint density at radius 2 is 2.06 bits per heavy atom. The summed E-state index contributed by atoms with van der Waals surface area (Å²) in [5.74, 6) is 0.271. The smallest absolute Gasteiger partial charge is 0.251 e. The lowest BCUT2D eigenvalue weighted by Gasteiger charge is -2.14. The average Bonchev–Trinajstić information content (AvgIpc) is 2.23. The summed E-state index contributed by atoms with van der Waals surface area (Å²) in [6, 6.07) is 5.55. The highest BCUT2D eigenvalue weighted by Crippen LogP contribution is 2.15. The molecule has 1 unspecified atom stereocenters. The van der Waals surface area contributed by atoms with E-state index in [-0.39, 0.29) is 5.91 Å². The molecule has 0 aromatic heterocycles. The Morgan fingerprint density at radius 1 is 1.39 bits per heavy atom. The highest BCUT2D eigenvalue weighted by molar-refractivity contribution is 9.10. The van der Waals surface area contributed by atoms with Crippen LogP contribution in [0.5, 0.6) is 0 Å². The van der Waals surface area contributed by atoms with Gasteiger partial charge in [0.15, 0.2) is 0 Å². The largest absolute Gasteiger partial charge is 0.391 e. The van der Waals surface area contributed by atoms with Crippen molar-refractivity contribution in [2.45, 2.75) is 33.3 Å². The molecule has 18 heavy (non-hydrogen) atoms. The van der Waals surface area contributed by atoms with Gasteiger partial charge in [0.25, 0.3) is 5.91 Å². The third-order valence-electron chi connectivity index (χ3n) is 2.55. The molecule has 1 atom stereocenters. The molecule has 100 valence electrons. The number of aliphatic hydroxyl groups excluding tert-OH is 1. The fourth-order valence-corrected chi connectivity index (χ4v) is 2.42. The van der Waals surface area contributed by atoms with Gasteiger partial charge in [0.1, 0.15) is 0 Å². The molecule has 0 bridgehead atoms. The fraction of sp³-hybridized carbons (Fsp3) is 0.500. The van der Waals surface area contributed by atoms with Gasteiger partial charge in [-0.15, -0.1) is 0 Å². The maximum atomic E-state index is 11.9. The van der Waals surface area contributed by atoms with E-state index in [9.17, 15) is 9.90 Å². The number of nitrogens with one attached hydrogen (secondary N) is 1. The maximum absolute atomic E-state index is 11.9. The van der Waals surface area contributed by atoms with Crippen LogP contribution in [0.3, 0.4) is 0 Å². The minimum Gasteiger partial charge on any atom is -0.391 e. The number of benzene rings is 1. The molecule has 1 aromatic rings. The van der Waals surface area contributed by atoms with Crippen LogP contribution in [-0.2, 0) is 0 Å². The Morgan fingerprint density at radius 3 is 2.61 bits per heavy atom. The minimum absolute atomic E-state index is 0.151. The van der Waals surface area contributed by atoms with Gasteiger partial charge in [-0.05, 0) is 43.0 Å². The topological polar surface area (TPSA) is 49.3 Å². The van der Waals surface area contributed by atoms with Gasteiger partial charge in [-0.3, -0.25) is 4.79 Å².